The fraction of sp³-hybridized carbons (Fsp3) is 0.935. The molecule has 0 bridgehead atoms. The van der Waals surface area contributed by atoms with Crippen LogP contribution in [-0.4, -0.2) is 23.9 Å². The first kappa shape index (κ1) is 23.1. The number of aliphatic hydroxyl groups excluding tert-OH is 1. The topological polar surface area (TPSA) is 32.8 Å². The predicted octanol–water partition coefficient (Wildman–Crippen LogP) is 7.40. The first-order valence-electron chi connectivity index (χ1n) is 14.4. The molecule has 11 atom stereocenters. The standard InChI is InChI=1S/C31H50O2/c1-19(2)20-10-15-31(25-18-33-25)17-16-29(6)21(26(20)31)8-9-23-28(5)13-12-24(32)27(3,4)22(28)11-14-30(23,29)7/h20-26,32H,1,8-18H2,2-7H3/t20-,21+,22-,23+,24-,25-,26+,28-,29+,30+,31+/m0/s1. The van der Waals surface area contributed by atoms with Crippen LogP contribution in [0.3, 0.4) is 0 Å². The summed E-state index contributed by atoms with van der Waals surface area (Å²) in [4.78, 5) is 0. The fourth-order valence-corrected chi connectivity index (χ4v) is 12.1. The van der Waals surface area contributed by atoms with Gasteiger partial charge >= 0.3 is 0 Å². The van der Waals surface area contributed by atoms with E-state index in [-0.39, 0.29) is 11.5 Å². The third-order valence-corrected chi connectivity index (χ3v) is 14.1. The summed E-state index contributed by atoms with van der Waals surface area (Å²) in [5.74, 6) is 3.77. The number of hydrogen-bond donors (Lipinski definition) is 1. The van der Waals surface area contributed by atoms with Crippen LogP contribution in [0.1, 0.15) is 106 Å². The molecule has 6 fully saturated rings. The second kappa shape index (κ2) is 6.90. The first-order valence-corrected chi connectivity index (χ1v) is 14.4. The highest BCUT2D eigenvalue weighted by atomic mass is 16.6. The minimum absolute atomic E-state index is 0.0492. The Morgan fingerprint density at radius 3 is 2.21 bits per heavy atom. The zero-order valence-corrected chi connectivity index (χ0v) is 22.4. The van der Waals surface area contributed by atoms with Crippen molar-refractivity contribution >= 4 is 0 Å². The molecule has 33 heavy (non-hydrogen) atoms. The molecule has 1 aliphatic heterocycles. The molecule has 1 heterocycles. The molecule has 6 rings (SSSR count). The van der Waals surface area contributed by atoms with Crippen molar-refractivity contribution in [1.82, 2.24) is 0 Å². The number of ether oxygens (including phenoxy) is 1. The van der Waals surface area contributed by atoms with E-state index in [2.05, 4.69) is 48.1 Å². The van der Waals surface area contributed by atoms with Crippen LogP contribution in [0.15, 0.2) is 12.2 Å². The second-order valence-corrected chi connectivity index (χ2v) is 15.1. The average Bonchev–Trinajstić information content (AvgIpc) is 3.52. The van der Waals surface area contributed by atoms with E-state index in [9.17, 15) is 5.11 Å². The van der Waals surface area contributed by atoms with Gasteiger partial charge in [0.2, 0.25) is 0 Å². The number of hydrogen-bond acceptors (Lipinski definition) is 2. The summed E-state index contributed by atoms with van der Waals surface area (Å²) >= 11 is 0. The number of fused-ring (bicyclic) bond motifs is 7. The van der Waals surface area contributed by atoms with E-state index in [1.54, 1.807) is 0 Å². The van der Waals surface area contributed by atoms with Crippen molar-refractivity contribution in [1.29, 1.82) is 0 Å². The quantitative estimate of drug-likeness (QED) is 0.348. The van der Waals surface area contributed by atoms with E-state index in [0.29, 0.717) is 39.6 Å². The number of rotatable bonds is 2. The largest absolute Gasteiger partial charge is 0.393 e. The maximum atomic E-state index is 10.9. The number of allylic oxidation sites excluding steroid dienone is 1. The third-order valence-electron chi connectivity index (χ3n) is 14.1. The average molecular weight is 455 g/mol. The Morgan fingerprint density at radius 2 is 1.55 bits per heavy atom. The Balaban J connectivity index is 1.40. The highest BCUT2D eigenvalue weighted by molar-refractivity contribution is 5.23. The molecule has 0 radical (unpaired) electrons. The molecule has 1 saturated heterocycles. The molecule has 0 amide bonds. The summed E-state index contributed by atoms with van der Waals surface area (Å²) in [5, 5.41) is 10.9. The molecule has 5 aliphatic carbocycles. The molecule has 186 valence electrons. The monoisotopic (exact) mass is 454 g/mol. The Labute approximate surface area is 203 Å². The lowest BCUT2D eigenvalue weighted by Crippen LogP contribution is -2.67. The van der Waals surface area contributed by atoms with Crippen LogP contribution >= 0.6 is 0 Å². The normalized spacial score (nSPS) is 59.1. The zero-order chi connectivity index (χ0) is 23.6. The molecule has 5 saturated carbocycles. The lowest BCUT2D eigenvalue weighted by Gasteiger charge is -2.73. The molecular formula is C31H50O2. The molecule has 0 spiro atoms. The summed E-state index contributed by atoms with van der Waals surface area (Å²) in [6.45, 7) is 20.7. The summed E-state index contributed by atoms with van der Waals surface area (Å²) < 4.78 is 6.09. The van der Waals surface area contributed by atoms with Crippen molar-refractivity contribution < 1.29 is 9.84 Å². The molecule has 0 aromatic rings. The van der Waals surface area contributed by atoms with Gasteiger partial charge in [0.05, 0.1) is 18.8 Å². The van der Waals surface area contributed by atoms with Gasteiger partial charge in [0.1, 0.15) is 0 Å². The Bertz CT molecular complexity index is 842. The molecule has 0 aromatic carbocycles. The third kappa shape index (κ3) is 2.69. The van der Waals surface area contributed by atoms with Gasteiger partial charge in [0.15, 0.2) is 0 Å². The van der Waals surface area contributed by atoms with Crippen LogP contribution in [0.4, 0.5) is 0 Å². The SMILES string of the molecule is C=C(C)[C@@H]1CC[C@]2([C@@H]3CO3)CC[C@]3(C)[C@H](CC[C@@H]4[C@@]5(C)CC[C@H](O)C(C)(C)[C@@H]5CC[C@]43C)[C@@H]12. The van der Waals surface area contributed by atoms with Gasteiger partial charge in [-0.1, -0.05) is 46.8 Å². The van der Waals surface area contributed by atoms with E-state index < -0.39 is 0 Å². The fourth-order valence-electron chi connectivity index (χ4n) is 12.1. The Morgan fingerprint density at radius 1 is 0.818 bits per heavy atom. The zero-order valence-electron chi connectivity index (χ0n) is 22.4. The van der Waals surface area contributed by atoms with Gasteiger partial charge in [-0.2, -0.15) is 0 Å². The van der Waals surface area contributed by atoms with Crippen molar-refractivity contribution in [3.8, 4) is 0 Å². The van der Waals surface area contributed by atoms with E-state index in [4.69, 9.17) is 4.74 Å². The smallest absolute Gasteiger partial charge is 0.0868 e. The minimum atomic E-state index is -0.129. The molecule has 1 N–H and O–H groups in total. The lowest BCUT2D eigenvalue weighted by molar-refractivity contribution is -0.248. The molecule has 0 aromatic heterocycles. The van der Waals surface area contributed by atoms with Gasteiger partial charge in [0.25, 0.3) is 0 Å². The minimum Gasteiger partial charge on any atom is -0.393 e. The maximum absolute atomic E-state index is 10.9. The van der Waals surface area contributed by atoms with Gasteiger partial charge in [0, 0.05) is 5.41 Å². The van der Waals surface area contributed by atoms with Gasteiger partial charge in [-0.15, -0.1) is 0 Å². The highest BCUT2D eigenvalue weighted by Gasteiger charge is 2.72. The van der Waals surface area contributed by atoms with E-state index in [0.717, 1.165) is 30.8 Å². The van der Waals surface area contributed by atoms with Crippen LogP contribution in [0.25, 0.3) is 0 Å². The van der Waals surface area contributed by atoms with Gasteiger partial charge in [-0.3, -0.25) is 0 Å². The highest BCUT2D eigenvalue weighted by Crippen LogP contribution is 2.78. The van der Waals surface area contributed by atoms with Gasteiger partial charge in [-0.05, 0) is 122 Å². The predicted molar refractivity (Wildman–Crippen MR) is 135 cm³/mol. The van der Waals surface area contributed by atoms with Crippen LogP contribution < -0.4 is 0 Å². The van der Waals surface area contributed by atoms with Crippen LogP contribution in [0.2, 0.25) is 0 Å². The summed E-state index contributed by atoms with van der Waals surface area (Å²) in [6, 6.07) is 0. The summed E-state index contributed by atoms with van der Waals surface area (Å²) in [7, 11) is 0. The molecule has 6 aliphatic rings. The van der Waals surface area contributed by atoms with Crippen molar-refractivity contribution in [2.24, 2.45) is 56.7 Å². The van der Waals surface area contributed by atoms with Crippen molar-refractivity contribution in [2.75, 3.05) is 6.61 Å². The van der Waals surface area contributed by atoms with Crippen molar-refractivity contribution in [3.63, 3.8) is 0 Å². The van der Waals surface area contributed by atoms with Crippen molar-refractivity contribution in [3.05, 3.63) is 12.2 Å². The van der Waals surface area contributed by atoms with Crippen LogP contribution in [-0.2, 0) is 4.74 Å². The second-order valence-electron chi connectivity index (χ2n) is 15.1. The van der Waals surface area contributed by atoms with Crippen molar-refractivity contribution in [2.45, 2.75) is 118 Å². The molecule has 2 nitrogen and oxygen atoms in total. The number of aliphatic hydroxyl groups is 1. The molecule has 0 unspecified atom stereocenters. The lowest BCUT2D eigenvalue weighted by atomic mass is 9.32. The number of epoxide rings is 1. The van der Waals surface area contributed by atoms with Crippen LogP contribution in [0.5, 0.6) is 0 Å². The van der Waals surface area contributed by atoms with E-state index >= 15 is 0 Å². The van der Waals surface area contributed by atoms with Crippen LogP contribution in [0, 0.1) is 56.7 Å². The molecule has 2 heteroatoms. The summed E-state index contributed by atoms with van der Waals surface area (Å²) in [5.41, 5.74) is 3.14. The Hall–Kier alpha value is -0.340. The summed E-state index contributed by atoms with van der Waals surface area (Å²) in [6.07, 6.45) is 13.6. The Kier molecular flexibility index (Phi) is 4.83. The maximum Gasteiger partial charge on any atom is 0.0868 e. The van der Waals surface area contributed by atoms with E-state index in [1.807, 2.05) is 0 Å². The first-order chi connectivity index (χ1) is 15.4. The van der Waals surface area contributed by atoms with E-state index in [1.165, 1.54) is 63.4 Å². The van der Waals surface area contributed by atoms with Gasteiger partial charge < -0.3 is 9.84 Å². The molecular weight excluding hydrogens is 404 g/mol. The van der Waals surface area contributed by atoms with Gasteiger partial charge in [-0.25, -0.2) is 0 Å².